The molecule has 0 bridgehead atoms. The standard InChI is InChI=1S/C48H70N16O10/c1-27(65)58-32(14-8-22-55-47(50)51)40(67)59-33-15-7-21-54-39(66)18-17-36(46(73)74)62-45(72)38(25-29-26-57-31-13-6-5-12-30(29)31)64-42(69)34(16-9-23-56-48(52)53)60-44(71)37(24-28-10-3-2-4-11-28)63-43(70)35(19-20-49)61-41(33)68/h2-6,10-13,26,32-38,57H,7-9,14-25,49H2,1H3,(H,54,66)(H,58,65)(H,59,67)(H,60,71)(H,61,68)(H,62,72)(H,63,70)(H,64,69)(H,73,74)(H4,50,51,55)(H4,52,53,56). The lowest BCUT2D eigenvalue weighted by Crippen LogP contribution is -2.60. The van der Waals surface area contributed by atoms with E-state index in [9.17, 15) is 48.3 Å². The van der Waals surface area contributed by atoms with Crippen LogP contribution in [0.5, 0.6) is 0 Å². The lowest BCUT2D eigenvalue weighted by Gasteiger charge is -2.28. The largest absolute Gasteiger partial charge is 0.480 e. The van der Waals surface area contributed by atoms with Crippen LogP contribution in [0.1, 0.15) is 75.8 Å². The van der Waals surface area contributed by atoms with E-state index in [2.05, 4.69) is 57.5 Å². The molecule has 74 heavy (non-hydrogen) atoms. The monoisotopic (exact) mass is 1030 g/mol. The molecule has 8 amide bonds. The van der Waals surface area contributed by atoms with Crippen LogP contribution in [0.2, 0.25) is 0 Å². The number of benzene rings is 2. The molecule has 26 heteroatoms. The highest BCUT2D eigenvalue weighted by molar-refractivity contribution is 5.98. The third kappa shape index (κ3) is 19.7. The molecular formula is C48H70N16O10. The van der Waals surface area contributed by atoms with Crippen LogP contribution in [-0.4, -0.2) is 144 Å². The van der Waals surface area contributed by atoms with Gasteiger partial charge >= 0.3 is 5.97 Å². The Morgan fingerprint density at radius 3 is 1.95 bits per heavy atom. The van der Waals surface area contributed by atoms with E-state index in [0.717, 1.165) is 10.9 Å². The van der Waals surface area contributed by atoms with Crippen LogP contribution in [0.15, 0.2) is 70.8 Å². The molecule has 7 unspecified atom stereocenters. The van der Waals surface area contributed by atoms with Gasteiger partial charge in [0.25, 0.3) is 0 Å². The molecule has 1 aliphatic heterocycles. The highest BCUT2D eigenvalue weighted by atomic mass is 16.4. The van der Waals surface area contributed by atoms with E-state index < -0.39 is 95.5 Å². The zero-order chi connectivity index (χ0) is 54.2. The summed E-state index contributed by atoms with van der Waals surface area (Å²) < 4.78 is 0. The summed E-state index contributed by atoms with van der Waals surface area (Å²) in [5, 5.41) is 32.0. The van der Waals surface area contributed by atoms with Crippen LogP contribution < -0.4 is 71.2 Å². The Labute approximate surface area is 427 Å². The predicted octanol–water partition coefficient (Wildman–Crippen LogP) is -3.40. The van der Waals surface area contributed by atoms with Gasteiger partial charge in [0.2, 0.25) is 47.3 Å². The fourth-order valence-electron chi connectivity index (χ4n) is 8.07. The molecule has 2 aromatic carbocycles. The summed E-state index contributed by atoms with van der Waals surface area (Å²) in [6.45, 7) is 1.19. The van der Waals surface area contributed by atoms with E-state index in [1.165, 1.54) is 6.92 Å². The lowest BCUT2D eigenvalue weighted by molar-refractivity contribution is -0.142. The minimum atomic E-state index is -1.60. The molecule has 0 spiro atoms. The molecule has 2 heterocycles. The summed E-state index contributed by atoms with van der Waals surface area (Å²) in [7, 11) is 0. The Morgan fingerprint density at radius 2 is 1.30 bits per heavy atom. The molecule has 0 saturated carbocycles. The Bertz CT molecular complexity index is 2480. The van der Waals surface area contributed by atoms with E-state index in [-0.39, 0.29) is 109 Å². The summed E-state index contributed by atoms with van der Waals surface area (Å²) in [5.74, 6) is -8.04. The number of aromatic amines is 1. The van der Waals surface area contributed by atoms with Gasteiger partial charge in [0.1, 0.15) is 42.3 Å². The first-order valence-electron chi connectivity index (χ1n) is 24.3. The van der Waals surface area contributed by atoms with Crippen molar-refractivity contribution in [1.29, 1.82) is 0 Å². The number of carboxylic acid groups (broad SMARTS) is 1. The first-order chi connectivity index (χ1) is 35.3. The van der Waals surface area contributed by atoms with Crippen molar-refractivity contribution in [3.63, 3.8) is 0 Å². The number of fused-ring (bicyclic) bond motifs is 1. The molecule has 402 valence electrons. The fourth-order valence-corrected chi connectivity index (χ4v) is 8.07. The van der Waals surface area contributed by atoms with Gasteiger partial charge in [-0.2, -0.15) is 0 Å². The number of carbonyl (C=O) groups excluding carboxylic acids is 8. The molecule has 1 saturated heterocycles. The van der Waals surface area contributed by atoms with Gasteiger partial charge in [-0.15, -0.1) is 0 Å². The molecule has 7 atom stereocenters. The van der Waals surface area contributed by atoms with Crippen LogP contribution >= 0.6 is 0 Å². The highest BCUT2D eigenvalue weighted by Crippen LogP contribution is 2.20. The van der Waals surface area contributed by atoms with Crippen molar-refractivity contribution in [3.8, 4) is 0 Å². The molecule has 3 aromatic rings. The SMILES string of the molecule is CC(=O)NC(CCCN=C(N)N)C(=O)NC1CCCNC(=O)CCC(C(=O)O)NC(=O)C(Cc2c[nH]c3ccccc23)NC(=O)C(CCCN=C(N)N)NC(=O)C(Cc2ccccc2)NC(=O)C(CCN)NC1=O. The maximum absolute atomic E-state index is 14.5. The number of para-hydroxylation sites is 1. The Hall–Kier alpha value is -8.29. The molecule has 4 rings (SSSR count). The Balaban J connectivity index is 1.75. The van der Waals surface area contributed by atoms with Crippen LogP contribution in [0.3, 0.4) is 0 Å². The van der Waals surface area contributed by atoms with Gasteiger partial charge in [-0.25, -0.2) is 4.79 Å². The van der Waals surface area contributed by atoms with Gasteiger partial charge in [0.15, 0.2) is 11.9 Å². The number of rotatable bonds is 18. The van der Waals surface area contributed by atoms with Crippen molar-refractivity contribution in [2.45, 2.75) is 120 Å². The molecule has 26 nitrogen and oxygen atoms in total. The smallest absolute Gasteiger partial charge is 0.326 e. The van der Waals surface area contributed by atoms with E-state index in [1.807, 2.05) is 6.07 Å². The summed E-state index contributed by atoms with van der Waals surface area (Å²) >= 11 is 0. The third-order valence-corrected chi connectivity index (χ3v) is 11.9. The number of carbonyl (C=O) groups is 9. The highest BCUT2D eigenvalue weighted by Gasteiger charge is 2.35. The number of guanidine groups is 2. The van der Waals surface area contributed by atoms with Crippen LogP contribution in [0, 0.1) is 0 Å². The zero-order valence-electron chi connectivity index (χ0n) is 41.3. The molecule has 0 aliphatic carbocycles. The number of aromatic nitrogens is 1. The fraction of sp³-hybridized carbons (Fsp3) is 0.479. The normalized spacial score (nSPS) is 21.2. The van der Waals surface area contributed by atoms with Gasteiger partial charge in [0.05, 0.1) is 0 Å². The molecule has 1 aromatic heterocycles. The number of nitrogens with zero attached hydrogens (tertiary/aromatic N) is 2. The van der Waals surface area contributed by atoms with E-state index >= 15 is 0 Å². The topological polar surface area (TPSA) is 441 Å². The number of aliphatic imine (C=N–C) groups is 2. The zero-order valence-corrected chi connectivity index (χ0v) is 41.3. The average Bonchev–Trinajstić information content (AvgIpc) is 3.76. The first-order valence-corrected chi connectivity index (χ1v) is 24.3. The van der Waals surface area contributed by atoms with Crippen molar-refractivity contribution in [1.82, 2.24) is 47.5 Å². The number of amides is 8. The predicted molar refractivity (Wildman–Crippen MR) is 274 cm³/mol. The van der Waals surface area contributed by atoms with Crippen molar-refractivity contribution < 1.29 is 48.3 Å². The lowest BCUT2D eigenvalue weighted by atomic mass is 10.0. The maximum Gasteiger partial charge on any atom is 0.326 e. The van der Waals surface area contributed by atoms with Crippen molar-refractivity contribution in [2.24, 2.45) is 38.7 Å². The number of H-pyrrole nitrogens is 1. The van der Waals surface area contributed by atoms with Gasteiger partial charge < -0.3 is 81.3 Å². The molecule has 1 fully saturated rings. The second kappa shape index (κ2) is 29.9. The maximum atomic E-state index is 14.5. The van der Waals surface area contributed by atoms with Crippen molar-refractivity contribution >= 4 is 76.0 Å². The second-order valence-electron chi connectivity index (χ2n) is 17.7. The average molecular weight is 1030 g/mol. The third-order valence-electron chi connectivity index (χ3n) is 11.9. The first kappa shape index (κ1) is 58.3. The van der Waals surface area contributed by atoms with Gasteiger partial charge in [-0.3, -0.25) is 48.3 Å². The number of aliphatic carboxylic acids is 1. The molecule has 20 N–H and O–H groups in total. The van der Waals surface area contributed by atoms with Crippen LogP contribution in [-0.2, 0) is 56.0 Å². The minimum Gasteiger partial charge on any atom is -0.480 e. The summed E-state index contributed by atoms with van der Waals surface area (Å²) in [4.78, 5) is 134. The van der Waals surface area contributed by atoms with Gasteiger partial charge in [-0.05, 0) is 75.1 Å². The number of nitrogens with one attached hydrogen (secondary N) is 9. The van der Waals surface area contributed by atoms with E-state index in [1.54, 1.807) is 54.7 Å². The minimum absolute atomic E-state index is 0.0362. The number of hydrogen-bond donors (Lipinski definition) is 15. The summed E-state index contributed by atoms with van der Waals surface area (Å²) in [6.07, 6.45) is 0.839. The second-order valence-corrected chi connectivity index (χ2v) is 17.7. The number of hydrogen-bond acceptors (Lipinski definition) is 12. The Morgan fingerprint density at radius 1 is 0.716 bits per heavy atom. The number of carboxylic acids is 1. The van der Waals surface area contributed by atoms with Gasteiger partial charge in [0, 0.05) is 62.9 Å². The van der Waals surface area contributed by atoms with Crippen molar-refractivity contribution in [2.75, 3.05) is 26.2 Å². The van der Waals surface area contributed by atoms with Crippen LogP contribution in [0.25, 0.3) is 10.9 Å². The molecular weight excluding hydrogens is 961 g/mol. The summed E-state index contributed by atoms with van der Waals surface area (Å²) in [5.41, 5.74) is 29.8. The van der Waals surface area contributed by atoms with Gasteiger partial charge in [-0.1, -0.05) is 48.5 Å². The van der Waals surface area contributed by atoms with E-state index in [4.69, 9.17) is 28.7 Å². The van der Waals surface area contributed by atoms with Crippen molar-refractivity contribution in [3.05, 3.63) is 71.9 Å². The molecule has 1 aliphatic rings. The van der Waals surface area contributed by atoms with Crippen LogP contribution in [0.4, 0.5) is 0 Å². The number of nitrogens with two attached hydrogens (primary N) is 5. The summed E-state index contributed by atoms with van der Waals surface area (Å²) in [6, 6.07) is 6.11. The van der Waals surface area contributed by atoms with E-state index in [0.29, 0.717) is 11.1 Å². The quantitative estimate of drug-likeness (QED) is 0.0336. The Kier molecular flexibility index (Phi) is 23.6. The molecule has 0 radical (unpaired) electrons.